The molecule has 0 aliphatic carbocycles. The number of para-hydroxylation sites is 2. The molecule has 1 heterocycles. The van der Waals surface area contributed by atoms with Gasteiger partial charge < -0.3 is 16.0 Å². The Hall–Kier alpha value is -3.48. The highest BCUT2D eigenvalue weighted by molar-refractivity contribution is 6.02. The molecule has 3 aromatic rings. The average molecular weight is 336 g/mol. The summed E-state index contributed by atoms with van der Waals surface area (Å²) in [6.07, 6.45) is 0.374. The van der Waals surface area contributed by atoms with Crippen molar-refractivity contribution < 1.29 is 9.59 Å². The number of benzene rings is 2. The number of carbonyl (C=O) groups is 2. The van der Waals surface area contributed by atoms with Crippen LogP contribution >= 0.6 is 0 Å². The van der Waals surface area contributed by atoms with Crippen LogP contribution in [0.25, 0.3) is 10.9 Å². The van der Waals surface area contributed by atoms with Gasteiger partial charge >= 0.3 is 0 Å². The van der Waals surface area contributed by atoms with E-state index in [2.05, 4.69) is 15.3 Å². The Balaban J connectivity index is 1.71. The van der Waals surface area contributed by atoms with Crippen LogP contribution < -0.4 is 16.6 Å². The Morgan fingerprint density at radius 2 is 1.80 bits per heavy atom. The number of anilines is 1. The molecule has 0 aliphatic heterocycles. The SMILES string of the molecule is NC(=O)c1ccccc1NC(=O)CCc1nc2ccccc2c(=O)[nH]1. The first-order chi connectivity index (χ1) is 12.0. The minimum atomic E-state index is -0.614. The van der Waals surface area contributed by atoms with E-state index in [1.165, 1.54) is 0 Å². The first-order valence-electron chi connectivity index (χ1n) is 7.71. The monoisotopic (exact) mass is 336 g/mol. The number of primary amides is 1. The van der Waals surface area contributed by atoms with Crippen LogP contribution in [-0.4, -0.2) is 21.8 Å². The molecule has 25 heavy (non-hydrogen) atoms. The minimum Gasteiger partial charge on any atom is -0.366 e. The minimum absolute atomic E-state index is 0.106. The number of nitrogens with two attached hydrogens (primary N) is 1. The molecule has 4 N–H and O–H groups in total. The van der Waals surface area contributed by atoms with Gasteiger partial charge in [0.15, 0.2) is 0 Å². The highest BCUT2D eigenvalue weighted by Crippen LogP contribution is 2.15. The summed E-state index contributed by atoms with van der Waals surface area (Å²) in [5, 5.41) is 3.16. The maximum Gasteiger partial charge on any atom is 0.258 e. The number of hydrogen-bond donors (Lipinski definition) is 3. The lowest BCUT2D eigenvalue weighted by molar-refractivity contribution is -0.116. The number of nitrogens with zero attached hydrogens (tertiary/aromatic N) is 1. The van der Waals surface area contributed by atoms with Crippen LogP contribution in [0.15, 0.2) is 53.3 Å². The van der Waals surface area contributed by atoms with Crippen molar-refractivity contribution in [1.29, 1.82) is 0 Å². The molecule has 0 unspecified atom stereocenters. The van der Waals surface area contributed by atoms with Gasteiger partial charge in [-0.15, -0.1) is 0 Å². The summed E-state index contributed by atoms with van der Waals surface area (Å²) in [6, 6.07) is 13.5. The van der Waals surface area contributed by atoms with Crippen LogP contribution in [0.5, 0.6) is 0 Å². The second-order valence-electron chi connectivity index (χ2n) is 5.49. The lowest BCUT2D eigenvalue weighted by Gasteiger charge is -2.08. The molecule has 0 saturated carbocycles. The second kappa shape index (κ2) is 6.96. The van der Waals surface area contributed by atoms with Gasteiger partial charge in [0.2, 0.25) is 5.91 Å². The van der Waals surface area contributed by atoms with Crippen molar-refractivity contribution in [2.45, 2.75) is 12.8 Å². The molecule has 7 heteroatoms. The normalized spacial score (nSPS) is 10.6. The zero-order valence-electron chi connectivity index (χ0n) is 13.3. The first kappa shape index (κ1) is 16.4. The molecular formula is C18H16N4O3. The van der Waals surface area contributed by atoms with Gasteiger partial charge in [0.25, 0.3) is 11.5 Å². The maximum atomic E-state index is 12.1. The molecule has 126 valence electrons. The number of carbonyl (C=O) groups excluding carboxylic acids is 2. The fraction of sp³-hybridized carbons (Fsp3) is 0.111. The predicted octanol–water partition coefficient (Wildman–Crippen LogP) is 1.59. The van der Waals surface area contributed by atoms with E-state index in [0.717, 1.165) is 0 Å². The number of aromatic nitrogens is 2. The number of aryl methyl sites for hydroxylation is 1. The summed E-state index contributed by atoms with van der Waals surface area (Å²) in [5.74, 6) is -0.483. The Kier molecular flexibility index (Phi) is 4.56. The number of aromatic amines is 1. The summed E-state index contributed by atoms with van der Waals surface area (Å²) < 4.78 is 0. The van der Waals surface area contributed by atoms with Crippen molar-refractivity contribution in [2.24, 2.45) is 5.73 Å². The third kappa shape index (κ3) is 3.72. The van der Waals surface area contributed by atoms with E-state index in [4.69, 9.17) is 5.73 Å². The summed E-state index contributed by atoms with van der Waals surface area (Å²) in [6.45, 7) is 0. The van der Waals surface area contributed by atoms with Crippen LogP contribution in [0.3, 0.4) is 0 Å². The van der Waals surface area contributed by atoms with Crippen LogP contribution in [0.2, 0.25) is 0 Å². The Labute approximate surface area is 142 Å². The fourth-order valence-corrected chi connectivity index (χ4v) is 2.50. The molecule has 7 nitrogen and oxygen atoms in total. The number of fused-ring (bicyclic) bond motifs is 1. The standard InChI is InChI=1S/C18H16N4O3/c19-17(24)11-5-1-3-7-13(11)21-16(23)10-9-15-20-14-8-4-2-6-12(14)18(25)22-15/h1-8H,9-10H2,(H2,19,24)(H,21,23)(H,20,22,25). The van der Waals surface area contributed by atoms with E-state index in [1.807, 2.05) is 0 Å². The smallest absolute Gasteiger partial charge is 0.258 e. The Morgan fingerprint density at radius 3 is 2.60 bits per heavy atom. The van der Waals surface area contributed by atoms with E-state index in [0.29, 0.717) is 22.4 Å². The third-order valence-corrected chi connectivity index (χ3v) is 3.72. The zero-order valence-corrected chi connectivity index (χ0v) is 13.3. The third-order valence-electron chi connectivity index (χ3n) is 3.72. The largest absolute Gasteiger partial charge is 0.366 e. The van der Waals surface area contributed by atoms with Crippen molar-refractivity contribution >= 4 is 28.4 Å². The number of hydrogen-bond acceptors (Lipinski definition) is 4. The molecule has 0 radical (unpaired) electrons. The lowest BCUT2D eigenvalue weighted by Crippen LogP contribution is -2.19. The number of amides is 2. The van der Waals surface area contributed by atoms with Gasteiger partial charge in [-0.05, 0) is 24.3 Å². The molecule has 3 rings (SSSR count). The molecule has 0 fully saturated rings. The fourth-order valence-electron chi connectivity index (χ4n) is 2.50. The quantitative estimate of drug-likeness (QED) is 0.655. The summed E-state index contributed by atoms with van der Waals surface area (Å²) in [5.41, 5.74) is 6.24. The molecule has 1 aromatic heterocycles. The molecule has 0 spiro atoms. The van der Waals surface area contributed by atoms with Gasteiger partial charge in [0, 0.05) is 12.8 Å². The van der Waals surface area contributed by atoms with Crippen molar-refractivity contribution in [3.8, 4) is 0 Å². The van der Waals surface area contributed by atoms with Gasteiger partial charge in [-0.1, -0.05) is 24.3 Å². The Bertz CT molecular complexity index is 1010. The van der Waals surface area contributed by atoms with E-state index in [1.54, 1.807) is 48.5 Å². The molecule has 0 atom stereocenters. The van der Waals surface area contributed by atoms with Crippen LogP contribution in [0.4, 0.5) is 5.69 Å². The summed E-state index contributed by atoms with van der Waals surface area (Å²) >= 11 is 0. The highest BCUT2D eigenvalue weighted by Gasteiger charge is 2.11. The van der Waals surface area contributed by atoms with Gasteiger partial charge in [0.05, 0.1) is 22.2 Å². The van der Waals surface area contributed by atoms with E-state index < -0.39 is 5.91 Å². The van der Waals surface area contributed by atoms with Gasteiger partial charge in [-0.3, -0.25) is 14.4 Å². The second-order valence-corrected chi connectivity index (χ2v) is 5.49. The topological polar surface area (TPSA) is 118 Å². The number of H-pyrrole nitrogens is 1. The van der Waals surface area contributed by atoms with E-state index >= 15 is 0 Å². The van der Waals surface area contributed by atoms with Crippen LogP contribution in [0, 0.1) is 0 Å². The number of rotatable bonds is 5. The molecular weight excluding hydrogens is 320 g/mol. The van der Waals surface area contributed by atoms with Crippen molar-refractivity contribution in [1.82, 2.24) is 9.97 Å². The molecule has 2 amide bonds. The summed E-state index contributed by atoms with van der Waals surface area (Å²) in [7, 11) is 0. The van der Waals surface area contributed by atoms with Gasteiger partial charge in [-0.2, -0.15) is 0 Å². The zero-order chi connectivity index (χ0) is 17.8. The van der Waals surface area contributed by atoms with Crippen molar-refractivity contribution in [2.75, 3.05) is 5.32 Å². The first-order valence-corrected chi connectivity index (χ1v) is 7.71. The number of nitrogens with one attached hydrogen (secondary N) is 2. The average Bonchev–Trinajstić information content (AvgIpc) is 2.60. The van der Waals surface area contributed by atoms with Gasteiger partial charge in [0.1, 0.15) is 5.82 Å². The van der Waals surface area contributed by atoms with Crippen LogP contribution in [-0.2, 0) is 11.2 Å². The van der Waals surface area contributed by atoms with Crippen molar-refractivity contribution in [3.05, 3.63) is 70.3 Å². The maximum absolute atomic E-state index is 12.1. The predicted molar refractivity (Wildman–Crippen MR) is 94.3 cm³/mol. The van der Waals surface area contributed by atoms with Crippen molar-refractivity contribution in [3.63, 3.8) is 0 Å². The lowest BCUT2D eigenvalue weighted by atomic mass is 10.1. The molecule has 0 aliphatic rings. The molecule has 2 aromatic carbocycles. The molecule has 0 saturated heterocycles. The van der Waals surface area contributed by atoms with Crippen LogP contribution in [0.1, 0.15) is 22.6 Å². The summed E-state index contributed by atoms with van der Waals surface area (Å²) in [4.78, 5) is 42.5. The highest BCUT2D eigenvalue weighted by atomic mass is 16.2. The van der Waals surface area contributed by atoms with E-state index in [9.17, 15) is 14.4 Å². The van der Waals surface area contributed by atoms with E-state index in [-0.39, 0.29) is 29.9 Å². The Morgan fingerprint density at radius 1 is 1.08 bits per heavy atom. The van der Waals surface area contributed by atoms with Gasteiger partial charge in [-0.25, -0.2) is 4.98 Å². The molecule has 0 bridgehead atoms.